The molecule has 0 bridgehead atoms. The van der Waals surface area contributed by atoms with Gasteiger partial charge in [0.25, 0.3) is 0 Å². The lowest BCUT2D eigenvalue weighted by Crippen LogP contribution is -2.58. The van der Waals surface area contributed by atoms with Crippen LogP contribution in [0.3, 0.4) is 0 Å². The normalized spacial score (nSPS) is 14.4. The smallest absolute Gasteiger partial charge is 0.407 e. The highest BCUT2D eigenvalue weighted by Crippen LogP contribution is 2.44. The van der Waals surface area contributed by atoms with Gasteiger partial charge in [-0.15, -0.1) is 0 Å². The molecule has 15 heteroatoms. The van der Waals surface area contributed by atoms with Crippen LogP contribution >= 0.6 is 0 Å². The van der Waals surface area contributed by atoms with Crippen molar-refractivity contribution in [2.45, 2.75) is 70.1 Å². The highest BCUT2D eigenvalue weighted by atomic mass is 16.5. The number of hydrogen-bond acceptors (Lipinski definition) is 8. The van der Waals surface area contributed by atoms with E-state index >= 15 is 0 Å². The highest BCUT2D eigenvalue weighted by molar-refractivity contribution is 5.94. The number of benzene rings is 2. The molecule has 260 valence electrons. The van der Waals surface area contributed by atoms with Crippen LogP contribution in [-0.4, -0.2) is 89.9 Å². The quantitative estimate of drug-likeness (QED) is 0.0661. The number of ether oxygens (including phenoxy) is 1. The predicted molar refractivity (Wildman–Crippen MR) is 178 cm³/mol. The Bertz CT molecular complexity index is 1450. The summed E-state index contributed by atoms with van der Waals surface area (Å²) in [4.78, 5) is 67.4. The zero-order valence-electron chi connectivity index (χ0n) is 27.3. The maximum Gasteiger partial charge on any atom is 0.407 e. The van der Waals surface area contributed by atoms with E-state index in [1.165, 1.54) is 6.92 Å². The van der Waals surface area contributed by atoms with Gasteiger partial charge in [0.1, 0.15) is 30.8 Å². The van der Waals surface area contributed by atoms with Crippen LogP contribution in [0.15, 0.2) is 53.5 Å². The molecule has 0 radical (unpaired) electrons. The molecule has 1 aliphatic carbocycles. The van der Waals surface area contributed by atoms with Crippen molar-refractivity contribution in [1.29, 1.82) is 0 Å². The van der Waals surface area contributed by atoms with Crippen molar-refractivity contribution in [2.75, 3.05) is 19.8 Å². The van der Waals surface area contributed by atoms with Gasteiger partial charge in [-0.1, -0.05) is 62.4 Å². The van der Waals surface area contributed by atoms with Crippen LogP contribution in [-0.2, 0) is 23.9 Å². The highest BCUT2D eigenvalue weighted by Gasteiger charge is 2.32. The van der Waals surface area contributed by atoms with E-state index in [0.717, 1.165) is 22.3 Å². The monoisotopic (exact) mass is 667 g/mol. The first kappa shape index (κ1) is 37.3. The molecule has 0 spiro atoms. The molecule has 4 amide bonds. The summed E-state index contributed by atoms with van der Waals surface area (Å²) in [5.74, 6) is -4.12. The molecule has 1 aliphatic rings. The number of nitrogens with two attached hydrogens (primary N) is 2. The fourth-order valence-corrected chi connectivity index (χ4v) is 5.37. The van der Waals surface area contributed by atoms with Crippen LogP contribution in [0.25, 0.3) is 11.1 Å². The van der Waals surface area contributed by atoms with Gasteiger partial charge in [0.05, 0.1) is 6.61 Å². The van der Waals surface area contributed by atoms with Crippen LogP contribution in [0.2, 0.25) is 0 Å². The summed E-state index contributed by atoms with van der Waals surface area (Å²) in [6, 6.07) is 10.7. The largest absolute Gasteiger partial charge is 0.480 e. The first-order valence-corrected chi connectivity index (χ1v) is 15.7. The first-order chi connectivity index (χ1) is 22.8. The van der Waals surface area contributed by atoms with Crippen LogP contribution in [0.4, 0.5) is 4.79 Å². The summed E-state index contributed by atoms with van der Waals surface area (Å²) in [5.41, 5.74) is 15.0. The van der Waals surface area contributed by atoms with Gasteiger partial charge in [0.15, 0.2) is 5.96 Å². The van der Waals surface area contributed by atoms with Gasteiger partial charge in [-0.3, -0.25) is 24.2 Å². The minimum Gasteiger partial charge on any atom is -0.480 e. The molecule has 0 heterocycles. The zero-order chi connectivity index (χ0) is 35.4. The van der Waals surface area contributed by atoms with Gasteiger partial charge >= 0.3 is 12.1 Å². The lowest BCUT2D eigenvalue weighted by molar-refractivity contribution is -0.142. The molecule has 48 heavy (non-hydrogen) atoms. The predicted octanol–water partition coefficient (Wildman–Crippen LogP) is 0.545. The van der Waals surface area contributed by atoms with E-state index in [1.807, 2.05) is 62.4 Å². The molecule has 0 saturated heterocycles. The Hall–Kier alpha value is -5.18. The number of amides is 4. The molecule has 0 saturated carbocycles. The molecular formula is C33H45N7O8. The number of carboxylic acids is 1. The van der Waals surface area contributed by atoms with Crippen molar-refractivity contribution in [2.24, 2.45) is 22.4 Å². The van der Waals surface area contributed by atoms with Crippen molar-refractivity contribution in [1.82, 2.24) is 21.3 Å². The van der Waals surface area contributed by atoms with Crippen molar-refractivity contribution in [3.05, 3.63) is 59.7 Å². The van der Waals surface area contributed by atoms with E-state index in [2.05, 4.69) is 26.3 Å². The third kappa shape index (κ3) is 10.4. The summed E-state index contributed by atoms with van der Waals surface area (Å²) in [6.45, 7) is 4.29. The molecule has 0 aliphatic heterocycles. The lowest BCUT2D eigenvalue weighted by Gasteiger charge is -2.26. The summed E-state index contributed by atoms with van der Waals surface area (Å²) >= 11 is 0. The van der Waals surface area contributed by atoms with Crippen LogP contribution in [0, 0.1) is 5.92 Å². The molecule has 0 fully saturated rings. The van der Waals surface area contributed by atoms with Gasteiger partial charge in [-0.05, 0) is 54.4 Å². The summed E-state index contributed by atoms with van der Waals surface area (Å²) in [5, 5.41) is 28.6. The molecule has 2 aromatic carbocycles. The number of hydrogen-bond donors (Lipinski definition) is 8. The number of nitrogens with zero attached hydrogens (tertiary/aromatic N) is 1. The number of alkyl carbamates (subject to hydrolysis) is 1. The summed E-state index contributed by atoms with van der Waals surface area (Å²) in [6.07, 6.45) is -0.320. The molecule has 15 nitrogen and oxygen atoms in total. The number of aliphatic carboxylic acids is 1. The van der Waals surface area contributed by atoms with Crippen molar-refractivity contribution in [3.63, 3.8) is 0 Å². The summed E-state index contributed by atoms with van der Waals surface area (Å²) < 4.78 is 5.64. The van der Waals surface area contributed by atoms with Crippen molar-refractivity contribution < 1.29 is 38.9 Å². The zero-order valence-corrected chi connectivity index (χ0v) is 27.3. The molecular weight excluding hydrogens is 622 g/mol. The Labute approximate surface area is 278 Å². The van der Waals surface area contributed by atoms with Crippen LogP contribution < -0.4 is 32.7 Å². The number of nitrogens with one attached hydrogen (secondary N) is 4. The molecule has 1 unspecified atom stereocenters. The van der Waals surface area contributed by atoms with E-state index in [1.54, 1.807) is 0 Å². The molecule has 10 N–H and O–H groups in total. The van der Waals surface area contributed by atoms with E-state index in [-0.39, 0.29) is 50.2 Å². The topological polar surface area (TPSA) is 248 Å². The number of carbonyl (C=O) groups is 5. The molecule has 3 rings (SSSR count). The third-order valence-corrected chi connectivity index (χ3v) is 7.78. The second-order valence-corrected chi connectivity index (χ2v) is 12.0. The Balaban J connectivity index is 1.70. The number of aliphatic hydroxyl groups excluding tert-OH is 1. The average Bonchev–Trinajstić information content (AvgIpc) is 3.36. The number of guanidine groups is 1. The Kier molecular flexibility index (Phi) is 13.7. The number of aliphatic hydroxyl groups is 1. The summed E-state index contributed by atoms with van der Waals surface area (Å²) in [7, 11) is 0. The molecule has 2 aromatic rings. The van der Waals surface area contributed by atoms with Gasteiger partial charge in [0.2, 0.25) is 17.7 Å². The first-order valence-electron chi connectivity index (χ1n) is 15.7. The molecule has 4 atom stereocenters. The van der Waals surface area contributed by atoms with E-state index in [0.29, 0.717) is 0 Å². The standard InChI is InChI=1S/C33H45N7O8/c1-18(2)15-26(40-33(47)48-17-24-22-11-6-4-9-20(22)21-10-5-7-12-23(21)24)29(43)38-25(13-8-14-36-32(34)35)28(42)39-27(16-41)30(44)37-19(3)31(45)46/h4-7,9-12,18-19,24-27,41H,8,13-17H2,1-3H3,(H,37,44)(H,38,43)(H,39,42)(H,40,47)(H,45,46)(H4,34,35,36)/t19?,25-,26-,27-/m0/s1. The Morgan fingerprint density at radius 3 is 1.90 bits per heavy atom. The number of fused-ring (bicyclic) bond motifs is 3. The van der Waals surface area contributed by atoms with Gasteiger partial charge < -0.3 is 47.7 Å². The lowest BCUT2D eigenvalue weighted by atomic mass is 9.98. The number of carboxylic acid groups (broad SMARTS) is 1. The number of rotatable bonds is 17. The minimum absolute atomic E-state index is 0.0268. The second-order valence-electron chi connectivity index (χ2n) is 12.0. The van der Waals surface area contributed by atoms with E-state index in [9.17, 15) is 29.1 Å². The Morgan fingerprint density at radius 2 is 1.35 bits per heavy atom. The van der Waals surface area contributed by atoms with Crippen molar-refractivity contribution in [3.8, 4) is 11.1 Å². The third-order valence-electron chi connectivity index (χ3n) is 7.78. The fourth-order valence-electron chi connectivity index (χ4n) is 5.37. The maximum atomic E-state index is 13.5. The average molecular weight is 668 g/mol. The Morgan fingerprint density at radius 1 is 0.812 bits per heavy atom. The SMILES string of the molecule is CC(C)C[C@H](NC(=O)OCC1c2ccccc2-c2ccccc21)C(=O)N[C@@H](CCCN=C(N)N)C(=O)N[C@@H](CO)C(=O)NC(C)C(=O)O. The number of carbonyl (C=O) groups excluding carboxylic acids is 4. The second kappa shape index (κ2) is 17.7. The van der Waals surface area contributed by atoms with Gasteiger partial charge in [-0.25, -0.2) is 4.79 Å². The fraction of sp³-hybridized carbons (Fsp3) is 0.455. The maximum absolute atomic E-state index is 13.5. The number of aliphatic imine (C=N–C) groups is 1. The van der Waals surface area contributed by atoms with Crippen LogP contribution in [0.5, 0.6) is 0 Å². The molecule has 0 aromatic heterocycles. The van der Waals surface area contributed by atoms with Gasteiger partial charge in [0, 0.05) is 12.5 Å². The van der Waals surface area contributed by atoms with Crippen molar-refractivity contribution >= 4 is 35.7 Å². The van der Waals surface area contributed by atoms with Gasteiger partial charge in [-0.2, -0.15) is 0 Å². The van der Waals surface area contributed by atoms with Crippen LogP contribution in [0.1, 0.15) is 57.1 Å². The van der Waals surface area contributed by atoms with E-state index < -0.39 is 60.6 Å². The van der Waals surface area contributed by atoms with E-state index in [4.69, 9.17) is 21.3 Å². The minimum atomic E-state index is -1.50.